The lowest BCUT2D eigenvalue weighted by atomic mass is 9.93. The first-order valence-electron chi connectivity index (χ1n) is 8.37. The molecule has 1 heterocycles. The summed E-state index contributed by atoms with van der Waals surface area (Å²) < 4.78 is 11.3. The highest BCUT2D eigenvalue weighted by Crippen LogP contribution is 2.31. The van der Waals surface area contributed by atoms with Gasteiger partial charge in [-0.2, -0.15) is 0 Å². The van der Waals surface area contributed by atoms with Crippen molar-refractivity contribution in [2.24, 2.45) is 0 Å². The molecule has 0 aliphatic carbocycles. The highest BCUT2D eigenvalue weighted by atomic mass is 16.5. The quantitative estimate of drug-likeness (QED) is 0.858. The molecule has 1 aliphatic rings. The molecule has 0 spiro atoms. The molecule has 4 heteroatoms. The van der Waals surface area contributed by atoms with E-state index in [-0.39, 0.29) is 12.0 Å². The standard InChI is InChI=1S/C20H23NO3/c1-3-23-20(22)18-11-17-16(12-21-18)10-9-14(2)19(17)24-13-15-7-5-4-6-8-15/h4-10,18,21H,3,11-13H2,1-2H3/t18-/m0/s1. The number of ether oxygens (including phenoxy) is 2. The Balaban J connectivity index is 1.81. The van der Waals surface area contributed by atoms with Crippen LogP contribution in [0, 0.1) is 6.92 Å². The molecule has 3 rings (SSSR count). The molecule has 0 unspecified atom stereocenters. The number of hydrogen-bond donors (Lipinski definition) is 1. The normalized spacial score (nSPS) is 16.3. The maximum absolute atomic E-state index is 12.1. The largest absolute Gasteiger partial charge is 0.488 e. The third-order valence-corrected chi connectivity index (χ3v) is 4.30. The van der Waals surface area contributed by atoms with Gasteiger partial charge < -0.3 is 14.8 Å². The molecule has 24 heavy (non-hydrogen) atoms. The van der Waals surface area contributed by atoms with E-state index >= 15 is 0 Å². The van der Waals surface area contributed by atoms with Gasteiger partial charge in [0.05, 0.1) is 6.61 Å². The van der Waals surface area contributed by atoms with Gasteiger partial charge in [-0.1, -0.05) is 42.5 Å². The number of hydrogen-bond acceptors (Lipinski definition) is 4. The third kappa shape index (κ3) is 3.60. The molecule has 0 aromatic heterocycles. The molecule has 4 nitrogen and oxygen atoms in total. The third-order valence-electron chi connectivity index (χ3n) is 4.30. The first-order valence-corrected chi connectivity index (χ1v) is 8.37. The van der Waals surface area contributed by atoms with Crippen molar-refractivity contribution in [2.75, 3.05) is 6.61 Å². The van der Waals surface area contributed by atoms with Gasteiger partial charge in [0, 0.05) is 18.5 Å². The lowest BCUT2D eigenvalue weighted by Gasteiger charge is -2.27. The van der Waals surface area contributed by atoms with Crippen LogP contribution in [0.2, 0.25) is 0 Å². The highest BCUT2D eigenvalue weighted by molar-refractivity contribution is 5.77. The zero-order chi connectivity index (χ0) is 16.9. The number of fused-ring (bicyclic) bond motifs is 1. The summed E-state index contributed by atoms with van der Waals surface area (Å²) in [6.45, 7) is 5.45. The Bertz CT molecular complexity index is 712. The minimum Gasteiger partial charge on any atom is -0.488 e. The summed E-state index contributed by atoms with van der Waals surface area (Å²) in [5.74, 6) is 0.700. The topological polar surface area (TPSA) is 47.6 Å². The lowest BCUT2D eigenvalue weighted by Crippen LogP contribution is -2.43. The number of aryl methyl sites for hydroxylation is 1. The second-order valence-corrected chi connectivity index (χ2v) is 6.01. The molecule has 1 aliphatic heterocycles. The van der Waals surface area contributed by atoms with Crippen LogP contribution in [0.25, 0.3) is 0 Å². The van der Waals surface area contributed by atoms with Gasteiger partial charge in [-0.15, -0.1) is 0 Å². The number of carbonyl (C=O) groups excluding carboxylic acids is 1. The summed E-state index contributed by atoms with van der Waals surface area (Å²) in [7, 11) is 0. The van der Waals surface area contributed by atoms with Gasteiger partial charge in [0.2, 0.25) is 0 Å². The molecule has 1 atom stereocenters. The van der Waals surface area contributed by atoms with Gasteiger partial charge in [0.1, 0.15) is 18.4 Å². The van der Waals surface area contributed by atoms with Crippen molar-refractivity contribution in [3.63, 3.8) is 0 Å². The van der Waals surface area contributed by atoms with Gasteiger partial charge in [-0.3, -0.25) is 4.79 Å². The maximum atomic E-state index is 12.1. The first-order chi connectivity index (χ1) is 11.7. The molecule has 0 saturated carbocycles. The smallest absolute Gasteiger partial charge is 0.323 e. The summed E-state index contributed by atoms with van der Waals surface area (Å²) in [5, 5.41) is 3.25. The Kier molecular flexibility index (Phi) is 5.16. The number of benzene rings is 2. The molecule has 1 N–H and O–H groups in total. The fraction of sp³-hybridized carbons (Fsp3) is 0.350. The summed E-state index contributed by atoms with van der Waals surface area (Å²) in [6.07, 6.45) is 0.597. The molecular formula is C20H23NO3. The predicted molar refractivity (Wildman–Crippen MR) is 92.9 cm³/mol. The van der Waals surface area contributed by atoms with Crippen LogP contribution in [-0.4, -0.2) is 18.6 Å². The average Bonchev–Trinajstić information content (AvgIpc) is 2.61. The Morgan fingerprint density at radius 2 is 2.00 bits per heavy atom. The van der Waals surface area contributed by atoms with Crippen LogP contribution >= 0.6 is 0 Å². The maximum Gasteiger partial charge on any atom is 0.323 e. The molecule has 0 saturated heterocycles. The molecule has 0 bridgehead atoms. The molecule has 0 fully saturated rings. The van der Waals surface area contributed by atoms with Gasteiger partial charge in [0.25, 0.3) is 0 Å². The molecule has 0 amide bonds. The summed E-state index contributed by atoms with van der Waals surface area (Å²) in [4.78, 5) is 12.1. The van der Waals surface area contributed by atoms with E-state index in [1.165, 1.54) is 5.56 Å². The van der Waals surface area contributed by atoms with Crippen LogP contribution in [0.3, 0.4) is 0 Å². The number of carbonyl (C=O) groups is 1. The van der Waals surface area contributed by atoms with Gasteiger partial charge in [-0.05, 0) is 30.5 Å². The zero-order valence-electron chi connectivity index (χ0n) is 14.2. The van der Waals surface area contributed by atoms with E-state index in [4.69, 9.17) is 9.47 Å². The summed E-state index contributed by atoms with van der Waals surface area (Å²) >= 11 is 0. The molecule has 2 aromatic carbocycles. The Morgan fingerprint density at radius 1 is 1.21 bits per heavy atom. The molecule has 0 radical (unpaired) electrons. The van der Waals surface area contributed by atoms with Crippen LogP contribution in [0.1, 0.15) is 29.2 Å². The van der Waals surface area contributed by atoms with Crippen LogP contribution in [0.4, 0.5) is 0 Å². The summed E-state index contributed by atoms with van der Waals surface area (Å²) in [5.41, 5.74) is 4.52. The van der Waals surface area contributed by atoms with E-state index in [1.54, 1.807) is 0 Å². The Morgan fingerprint density at radius 3 is 2.75 bits per heavy atom. The number of nitrogens with one attached hydrogen (secondary N) is 1. The van der Waals surface area contributed by atoms with Crippen LogP contribution in [-0.2, 0) is 29.1 Å². The second-order valence-electron chi connectivity index (χ2n) is 6.01. The number of rotatable bonds is 5. The minimum absolute atomic E-state index is 0.196. The van der Waals surface area contributed by atoms with Gasteiger partial charge >= 0.3 is 5.97 Å². The number of esters is 1. The van der Waals surface area contributed by atoms with Gasteiger partial charge in [0.15, 0.2) is 0 Å². The lowest BCUT2D eigenvalue weighted by molar-refractivity contribution is -0.145. The molecule has 126 valence electrons. The SMILES string of the molecule is CCOC(=O)[C@@H]1Cc2c(ccc(C)c2OCc2ccccc2)CN1. The van der Waals surface area contributed by atoms with Crippen molar-refractivity contribution in [1.29, 1.82) is 0 Å². The average molecular weight is 325 g/mol. The zero-order valence-corrected chi connectivity index (χ0v) is 14.2. The van der Waals surface area contributed by atoms with Crippen LogP contribution in [0.5, 0.6) is 5.75 Å². The minimum atomic E-state index is -0.307. The molecule has 2 aromatic rings. The van der Waals surface area contributed by atoms with Crippen molar-refractivity contribution in [2.45, 2.75) is 39.5 Å². The van der Waals surface area contributed by atoms with E-state index < -0.39 is 0 Å². The van der Waals surface area contributed by atoms with Crippen LogP contribution in [0.15, 0.2) is 42.5 Å². The first kappa shape index (κ1) is 16.5. The van der Waals surface area contributed by atoms with Gasteiger partial charge in [-0.25, -0.2) is 0 Å². The van der Waals surface area contributed by atoms with E-state index in [0.29, 0.717) is 26.2 Å². The fourth-order valence-corrected chi connectivity index (χ4v) is 3.02. The van der Waals surface area contributed by atoms with Crippen molar-refractivity contribution in [3.8, 4) is 5.75 Å². The Labute approximate surface area is 142 Å². The Hall–Kier alpha value is -2.33. The summed E-state index contributed by atoms with van der Waals surface area (Å²) in [6, 6.07) is 14.0. The monoisotopic (exact) mass is 325 g/mol. The van der Waals surface area contributed by atoms with E-state index in [0.717, 1.165) is 22.4 Å². The fourth-order valence-electron chi connectivity index (χ4n) is 3.02. The van der Waals surface area contributed by atoms with E-state index in [1.807, 2.05) is 44.2 Å². The van der Waals surface area contributed by atoms with Crippen molar-refractivity contribution in [3.05, 3.63) is 64.7 Å². The van der Waals surface area contributed by atoms with E-state index in [9.17, 15) is 4.79 Å². The molecular weight excluding hydrogens is 302 g/mol. The second kappa shape index (κ2) is 7.49. The van der Waals surface area contributed by atoms with Crippen molar-refractivity contribution < 1.29 is 14.3 Å². The van der Waals surface area contributed by atoms with Crippen LogP contribution < -0.4 is 10.1 Å². The van der Waals surface area contributed by atoms with Crippen molar-refractivity contribution >= 4 is 5.97 Å². The predicted octanol–water partition coefficient (Wildman–Crippen LogP) is 3.15. The van der Waals surface area contributed by atoms with Crippen molar-refractivity contribution in [1.82, 2.24) is 5.32 Å². The highest BCUT2D eigenvalue weighted by Gasteiger charge is 2.28. The van der Waals surface area contributed by atoms with E-state index in [2.05, 4.69) is 17.4 Å².